The third kappa shape index (κ3) is 7.49. The van der Waals surface area contributed by atoms with Crippen molar-refractivity contribution in [2.45, 2.75) is 203 Å². The predicted octanol–water partition coefficient (Wildman–Crippen LogP) is 0.214. The Hall–Kier alpha value is -0.940. The summed E-state index contributed by atoms with van der Waals surface area (Å²) in [6, 6.07) is 0. The van der Waals surface area contributed by atoms with E-state index >= 15 is 0 Å². The van der Waals surface area contributed by atoms with Crippen molar-refractivity contribution in [3.63, 3.8) is 0 Å². The maximum Gasteiger partial charge on any atom is 0.187 e. The molecule has 0 aromatic rings. The quantitative estimate of drug-likeness (QED) is 0.148. The van der Waals surface area contributed by atoms with E-state index in [4.69, 9.17) is 37.9 Å². The number of hydrogen-bond acceptors (Lipinski definition) is 17. The first-order chi connectivity index (χ1) is 29.4. The van der Waals surface area contributed by atoms with Crippen LogP contribution in [0.1, 0.15) is 92.4 Å². The van der Waals surface area contributed by atoms with Crippen LogP contribution in [0, 0.1) is 46.3 Å². The summed E-state index contributed by atoms with van der Waals surface area (Å²) in [6.45, 7) is 10.4. The van der Waals surface area contributed by atoms with Gasteiger partial charge in [0.2, 0.25) is 0 Å². The minimum Gasteiger partial charge on any atom is -0.394 e. The van der Waals surface area contributed by atoms with Gasteiger partial charge < -0.3 is 83.9 Å². The van der Waals surface area contributed by atoms with E-state index in [2.05, 4.69) is 33.8 Å². The highest BCUT2D eigenvalue weighted by Gasteiger charge is 2.69. The highest BCUT2D eigenvalue weighted by atomic mass is 16.8. The number of hydrogen-bond donors (Lipinski definition) is 9. The topological polar surface area (TPSA) is 256 Å². The molecule has 17 nitrogen and oxygen atoms in total. The number of fused-ring (bicyclic) bond motifs is 7. The Balaban J connectivity index is 0.941. The summed E-state index contributed by atoms with van der Waals surface area (Å²) in [5, 5.41) is 95.8. The van der Waals surface area contributed by atoms with Gasteiger partial charge in [0.25, 0.3) is 0 Å². The monoisotopic (exact) mass is 884 g/mol. The van der Waals surface area contributed by atoms with Crippen molar-refractivity contribution in [2.24, 2.45) is 46.3 Å². The molecule has 5 heterocycles. The van der Waals surface area contributed by atoms with Gasteiger partial charge in [-0.25, -0.2) is 0 Å². The van der Waals surface area contributed by atoms with Crippen LogP contribution in [0.15, 0.2) is 11.6 Å². The van der Waals surface area contributed by atoms with Gasteiger partial charge in [-0.2, -0.15) is 0 Å². The first-order valence-corrected chi connectivity index (χ1v) is 23.4. The first-order valence-electron chi connectivity index (χ1n) is 23.4. The lowest BCUT2D eigenvalue weighted by atomic mass is 9.47. The molecule has 5 saturated heterocycles. The second kappa shape index (κ2) is 17.3. The lowest BCUT2D eigenvalue weighted by Gasteiger charge is -2.59. The molecule has 9 aliphatic rings. The summed E-state index contributed by atoms with van der Waals surface area (Å²) >= 11 is 0. The highest BCUT2D eigenvalue weighted by molar-refractivity contribution is 5.26. The molecular weight excluding hydrogens is 812 g/mol. The first kappa shape index (κ1) is 46.2. The molecular formula is C45H72O17. The molecule has 4 aliphatic carbocycles. The van der Waals surface area contributed by atoms with Crippen molar-refractivity contribution in [3.8, 4) is 0 Å². The Morgan fingerprint density at radius 1 is 0.677 bits per heavy atom. The van der Waals surface area contributed by atoms with E-state index < -0.39 is 117 Å². The van der Waals surface area contributed by atoms with Gasteiger partial charge in [0.05, 0.1) is 38.1 Å². The highest BCUT2D eigenvalue weighted by Crippen LogP contribution is 2.70. The average molecular weight is 885 g/mol. The summed E-state index contributed by atoms with van der Waals surface area (Å²) < 4.78 is 50.3. The van der Waals surface area contributed by atoms with Gasteiger partial charge in [-0.1, -0.05) is 39.3 Å². The Labute approximate surface area is 363 Å². The Kier molecular flexibility index (Phi) is 12.9. The van der Waals surface area contributed by atoms with Gasteiger partial charge in [0.1, 0.15) is 67.1 Å². The normalized spacial score (nSPS) is 57.6. The lowest BCUT2D eigenvalue weighted by Crippen LogP contribution is -2.67. The molecule has 0 aromatic carbocycles. The van der Waals surface area contributed by atoms with Gasteiger partial charge in [-0.05, 0) is 98.7 Å². The smallest absolute Gasteiger partial charge is 0.187 e. The fourth-order valence-corrected chi connectivity index (χ4v) is 14.0. The third-order valence-electron chi connectivity index (χ3n) is 17.7. The van der Waals surface area contributed by atoms with Crippen LogP contribution in [-0.2, 0) is 37.9 Å². The van der Waals surface area contributed by atoms with Gasteiger partial charge >= 0.3 is 0 Å². The summed E-state index contributed by atoms with van der Waals surface area (Å²) in [4.78, 5) is 0. The summed E-state index contributed by atoms with van der Waals surface area (Å²) in [5.41, 5.74) is 1.45. The van der Waals surface area contributed by atoms with Crippen LogP contribution < -0.4 is 0 Å². The van der Waals surface area contributed by atoms with Crippen molar-refractivity contribution >= 4 is 0 Å². The van der Waals surface area contributed by atoms with Crippen molar-refractivity contribution in [1.29, 1.82) is 0 Å². The van der Waals surface area contributed by atoms with Crippen molar-refractivity contribution < 1.29 is 83.9 Å². The Morgan fingerprint density at radius 2 is 1.34 bits per heavy atom. The second-order valence-corrected chi connectivity index (χ2v) is 21.1. The van der Waals surface area contributed by atoms with Crippen LogP contribution in [0.25, 0.3) is 0 Å². The average Bonchev–Trinajstić information content (AvgIpc) is 3.70. The van der Waals surface area contributed by atoms with E-state index in [1.54, 1.807) is 0 Å². The fourth-order valence-electron chi connectivity index (χ4n) is 14.0. The number of rotatable bonds is 8. The molecule has 1 spiro atoms. The molecule has 9 rings (SSSR count). The van der Waals surface area contributed by atoms with E-state index in [9.17, 15) is 46.0 Å². The van der Waals surface area contributed by atoms with E-state index in [-0.39, 0.29) is 16.9 Å². The predicted molar refractivity (Wildman–Crippen MR) is 214 cm³/mol. The Bertz CT molecular complexity index is 1610. The van der Waals surface area contributed by atoms with E-state index in [0.29, 0.717) is 48.3 Å². The number of aliphatic hydroxyl groups is 9. The van der Waals surface area contributed by atoms with E-state index in [1.165, 1.54) is 12.5 Å². The van der Waals surface area contributed by atoms with Gasteiger partial charge in [-0.3, -0.25) is 0 Å². The molecule has 9 N–H and O–H groups in total. The zero-order chi connectivity index (χ0) is 44.2. The SMILES string of the molecule is C[C@@H]1CC[C@@]2(OC1)O[C@@H]1C[C@@H]3[C@H]4CC=C5C[C@@H](O[C@H]6O[C@@H](CO)[C@H](O)[C@@H](O[C@@H]7O[C@H](C)[C@@H](O)[C@@H](O)[C@@H]7O)[C@@H]6O[C@@H]6O[C@H](CO)[C@@H](O)[C@H](O)[C@@H]6O)CC[C@@]5(C)[C@@H]4CC[C@@]3(C)[C@H]1[C@@H]2C. The summed E-state index contributed by atoms with van der Waals surface area (Å²) in [6.07, 6.45) is -12.4. The molecule has 0 radical (unpaired) electrons. The van der Waals surface area contributed by atoms with Crippen LogP contribution in [0.4, 0.5) is 0 Å². The van der Waals surface area contributed by atoms with Crippen LogP contribution in [0.2, 0.25) is 0 Å². The zero-order valence-electron chi connectivity index (χ0n) is 36.6. The summed E-state index contributed by atoms with van der Waals surface area (Å²) in [5.74, 6) is 2.51. The van der Waals surface area contributed by atoms with Gasteiger partial charge in [0, 0.05) is 12.3 Å². The van der Waals surface area contributed by atoms with Crippen molar-refractivity contribution in [2.75, 3.05) is 19.8 Å². The largest absolute Gasteiger partial charge is 0.394 e. The Morgan fingerprint density at radius 3 is 2.03 bits per heavy atom. The summed E-state index contributed by atoms with van der Waals surface area (Å²) in [7, 11) is 0. The van der Waals surface area contributed by atoms with Crippen LogP contribution in [0.3, 0.4) is 0 Å². The fraction of sp³-hybridized carbons (Fsp3) is 0.956. The molecule has 0 bridgehead atoms. The van der Waals surface area contributed by atoms with Crippen molar-refractivity contribution in [3.05, 3.63) is 11.6 Å². The molecule has 0 aromatic heterocycles. The maximum absolute atomic E-state index is 11.6. The molecule has 62 heavy (non-hydrogen) atoms. The number of ether oxygens (including phenoxy) is 8. The lowest BCUT2D eigenvalue weighted by molar-refractivity contribution is -0.394. The van der Waals surface area contributed by atoms with Crippen LogP contribution >= 0.6 is 0 Å². The zero-order valence-corrected chi connectivity index (χ0v) is 36.6. The maximum atomic E-state index is 11.6. The minimum atomic E-state index is -1.83. The molecule has 354 valence electrons. The standard InChI is InChI=1S/C45H72O17/c1-19-8-13-45(55-18-19)20(2)30-27(62-45)15-26-24-7-6-22-14-23(9-11-43(22,4)25(24)10-12-44(26,30)5)57-42-39(61-41-37(54)35(52)32(49)28(16-46)58-41)38(33(50)29(17-47)59-42)60-40-36(53)34(51)31(48)21(3)56-40/h6,19-21,23-42,46-54H,7-18H2,1-5H3/t19-,20+,21-,23+,24+,25-,26-,27-,28-,29+,30+,31-,32-,33+,34-,35+,36+,37+,38-,39+,40+,41+,42+,43-,44-,45-/m1/s1. The van der Waals surface area contributed by atoms with Crippen LogP contribution in [0.5, 0.6) is 0 Å². The molecule has 5 aliphatic heterocycles. The van der Waals surface area contributed by atoms with E-state index in [0.717, 1.165) is 51.6 Å². The molecule has 0 unspecified atom stereocenters. The number of allylic oxidation sites excluding steroid dienone is 1. The second-order valence-electron chi connectivity index (χ2n) is 21.1. The molecule has 3 saturated carbocycles. The van der Waals surface area contributed by atoms with Gasteiger partial charge in [0.15, 0.2) is 24.7 Å². The van der Waals surface area contributed by atoms with E-state index in [1.807, 2.05) is 0 Å². The van der Waals surface area contributed by atoms with Gasteiger partial charge in [-0.15, -0.1) is 0 Å². The van der Waals surface area contributed by atoms with Crippen LogP contribution in [-0.4, -0.2) is 176 Å². The molecule has 8 fully saturated rings. The number of aliphatic hydroxyl groups excluding tert-OH is 9. The molecule has 17 heteroatoms. The van der Waals surface area contributed by atoms with Crippen molar-refractivity contribution in [1.82, 2.24) is 0 Å². The molecule has 26 atom stereocenters. The third-order valence-corrected chi connectivity index (χ3v) is 17.7. The molecule has 0 amide bonds. The minimum absolute atomic E-state index is 0.0518.